The average molecular weight is 549 g/mol. The number of nitrogens with two attached hydrogens (primary N) is 6. The van der Waals surface area contributed by atoms with Gasteiger partial charge in [-0.2, -0.15) is 0 Å². The third-order valence-electron chi connectivity index (χ3n) is 7.12. The van der Waals surface area contributed by atoms with Gasteiger partial charge in [-0.3, -0.25) is 20.9 Å². The first-order valence-corrected chi connectivity index (χ1v) is 11.9. The van der Waals surface area contributed by atoms with E-state index in [-0.39, 0.29) is 6.54 Å². The Bertz CT molecular complexity index is 1230. The molecule has 0 bridgehead atoms. The fraction of sp³-hybridized carbons (Fsp3) is 0.375. The quantitative estimate of drug-likeness (QED) is 0.115. The van der Waals surface area contributed by atoms with Crippen molar-refractivity contribution in [2.45, 2.75) is 48.3 Å². The average Bonchev–Trinajstić information content (AvgIpc) is 3.05. The summed E-state index contributed by atoms with van der Waals surface area (Å²) in [6.45, 7) is 3.34. The van der Waals surface area contributed by atoms with Crippen LogP contribution in [0.25, 0.3) is 0 Å². The predicted octanol–water partition coefficient (Wildman–Crippen LogP) is -0.821. The number of nitrogens with one attached hydrogen (secondary N) is 1. The zero-order valence-electron chi connectivity index (χ0n) is 20.9. The summed E-state index contributed by atoms with van der Waals surface area (Å²) in [7, 11) is 0. The number of alkyl carbamates (subject to hydrolysis) is 1. The molecule has 0 aromatic heterocycles. The maximum Gasteiger partial charge on any atom is 0.409 e. The molecule has 3 unspecified atom stereocenters. The summed E-state index contributed by atoms with van der Waals surface area (Å²) < 4.78 is 5.77. The normalized spacial score (nSPS) is 22.5. The van der Waals surface area contributed by atoms with Crippen molar-refractivity contribution < 1.29 is 24.2 Å². The van der Waals surface area contributed by atoms with E-state index in [0.29, 0.717) is 15.6 Å². The van der Waals surface area contributed by atoms with E-state index in [1.165, 1.54) is 0 Å². The first-order chi connectivity index (χ1) is 17.5. The SMILES string of the molecule is CC(C)(c1cccc(Cl)c1)C(OC(=O)NC(N)(C(=O)O)C(N)(N)[C@]1(N)C(=O)N(N)CC1N)c1ccccc1. The van der Waals surface area contributed by atoms with Gasteiger partial charge in [0.2, 0.25) is 5.66 Å². The van der Waals surface area contributed by atoms with Gasteiger partial charge in [0.05, 0.1) is 12.6 Å². The molecule has 2 aromatic carbocycles. The lowest BCUT2D eigenvalue weighted by Crippen LogP contribution is -2.93. The zero-order chi connectivity index (χ0) is 28.7. The molecule has 3 rings (SSSR count). The van der Waals surface area contributed by atoms with Crippen molar-refractivity contribution in [1.29, 1.82) is 0 Å². The van der Waals surface area contributed by atoms with E-state index in [1.807, 2.05) is 25.2 Å². The Morgan fingerprint density at radius 2 is 1.76 bits per heavy atom. The van der Waals surface area contributed by atoms with Crippen molar-refractivity contribution in [3.05, 3.63) is 70.7 Å². The number of ether oxygens (including phenoxy) is 1. The minimum Gasteiger partial charge on any atom is -0.478 e. The van der Waals surface area contributed by atoms with Gasteiger partial charge in [0, 0.05) is 10.4 Å². The Morgan fingerprint density at radius 3 is 2.26 bits per heavy atom. The maximum absolute atomic E-state index is 13.3. The zero-order valence-corrected chi connectivity index (χ0v) is 21.7. The second kappa shape index (κ2) is 10.1. The molecular weight excluding hydrogens is 516 g/mol. The van der Waals surface area contributed by atoms with E-state index in [2.05, 4.69) is 0 Å². The van der Waals surface area contributed by atoms with Crippen molar-refractivity contribution in [2.75, 3.05) is 6.54 Å². The van der Waals surface area contributed by atoms with E-state index in [0.717, 1.165) is 5.56 Å². The summed E-state index contributed by atoms with van der Waals surface area (Å²) in [5.74, 6) is 2.66. The summed E-state index contributed by atoms with van der Waals surface area (Å²) in [5.41, 5.74) is 22.6. The molecule has 0 spiro atoms. The van der Waals surface area contributed by atoms with E-state index in [4.69, 9.17) is 50.8 Å². The van der Waals surface area contributed by atoms with Crippen LogP contribution >= 0.6 is 11.6 Å². The summed E-state index contributed by atoms with van der Waals surface area (Å²) in [5, 5.41) is 13.2. The largest absolute Gasteiger partial charge is 0.478 e. The summed E-state index contributed by atoms with van der Waals surface area (Å²) in [4.78, 5) is 38.4. The fourth-order valence-electron chi connectivity index (χ4n) is 4.58. The van der Waals surface area contributed by atoms with Crippen molar-refractivity contribution in [1.82, 2.24) is 10.3 Å². The molecule has 2 amide bonds. The van der Waals surface area contributed by atoms with Crippen LogP contribution in [0.5, 0.6) is 0 Å². The lowest BCUT2D eigenvalue weighted by molar-refractivity contribution is -0.152. The standard InChI is InChI=1S/C24H33ClN8O5/c1-21(2,14-9-6-10-15(25)11-14)17(13-7-4-3-5-8-13)38-20(37)32-23(28,19(35)36)24(29,30)22(27)16(26)12-33(31)18(22)34/h3-11,16-17H,12,26-31H2,1-2H3,(H,32,37)(H,35,36)/t16?,17?,22-,23?/m1/s1. The molecule has 2 aromatic rings. The summed E-state index contributed by atoms with van der Waals surface area (Å²) >= 11 is 6.20. The molecular formula is C24H33ClN8O5. The highest BCUT2D eigenvalue weighted by Crippen LogP contribution is 2.40. The molecule has 14 heteroatoms. The third kappa shape index (κ3) is 4.69. The van der Waals surface area contributed by atoms with Crippen LogP contribution in [0.15, 0.2) is 54.6 Å². The molecule has 1 fully saturated rings. The number of hydrazine groups is 1. The number of hydrogen-bond donors (Lipinski definition) is 8. The Labute approximate surface area is 224 Å². The smallest absolute Gasteiger partial charge is 0.409 e. The Hall–Kier alpha value is -3.30. The second-order valence-corrected chi connectivity index (χ2v) is 10.4. The van der Waals surface area contributed by atoms with Gasteiger partial charge in [0.15, 0.2) is 0 Å². The van der Waals surface area contributed by atoms with Crippen LogP contribution in [-0.2, 0) is 19.7 Å². The number of carboxylic acids is 1. The number of benzene rings is 2. The molecule has 1 aliphatic rings. The molecule has 14 N–H and O–H groups in total. The summed E-state index contributed by atoms with van der Waals surface area (Å²) in [6.07, 6.45) is -2.28. The van der Waals surface area contributed by atoms with Crippen LogP contribution in [0.2, 0.25) is 5.02 Å². The van der Waals surface area contributed by atoms with Gasteiger partial charge in [0.1, 0.15) is 17.3 Å². The number of carbonyl (C=O) groups excluding carboxylic acids is 2. The molecule has 0 saturated carbocycles. The van der Waals surface area contributed by atoms with Gasteiger partial charge in [0.25, 0.3) is 5.91 Å². The van der Waals surface area contributed by atoms with Crippen molar-refractivity contribution in [3.63, 3.8) is 0 Å². The first kappa shape index (κ1) is 29.3. The number of carboxylic acid groups (broad SMARTS) is 1. The van der Waals surface area contributed by atoms with Gasteiger partial charge in [-0.05, 0) is 23.3 Å². The van der Waals surface area contributed by atoms with Gasteiger partial charge < -0.3 is 32.8 Å². The fourth-order valence-corrected chi connectivity index (χ4v) is 4.77. The van der Waals surface area contributed by atoms with Gasteiger partial charge in [-0.1, -0.05) is 67.9 Å². The number of rotatable bonds is 8. The maximum atomic E-state index is 13.3. The Balaban J connectivity index is 2.01. The number of aliphatic carboxylic acids is 1. The van der Waals surface area contributed by atoms with E-state index in [1.54, 1.807) is 48.5 Å². The number of hydrogen-bond acceptors (Lipinski definition) is 10. The van der Waals surface area contributed by atoms with Gasteiger partial charge in [-0.25, -0.2) is 15.4 Å². The van der Waals surface area contributed by atoms with Crippen molar-refractivity contribution >= 4 is 29.6 Å². The van der Waals surface area contributed by atoms with E-state index < -0.39 is 52.4 Å². The molecule has 1 heterocycles. The van der Waals surface area contributed by atoms with Gasteiger partial charge in [-0.15, -0.1) is 0 Å². The minimum absolute atomic E-state index is 0.282. The molecule has 4 atom stereocenters. The van der Waals surface area contributed by atoms with Crippen LogP contribution in [0.3, 0.4) is 0 Å². The molecule has 13 nitrogen and oxygen atoms in total. The monoisotopic (exact) mass is 548 g/mol. The van der Waals surface area contributed by atoms with Crippen LogP contribution in [0, 0.1) is 0 Å². The third-order valence-corrected chi connectivity index (χ3v) is 7.35. The Morgan fingerprint density at radius 1 is 1.16 bits per heavy atom. The lowest BCUT2D eigenvalue weighted by Gasteiger charge is -2.49. The minimum atomic E-state index is -3.03. The molecule has 1 aliphatic heterocycles. The van der Waals surface area contributed by atoms with E-state index >= 15 is 0 Å². The molecule has 0 radical (unpaired) electrons. The highest BCUT2D eigenvalue weighted by atomic mass is 35.5. The predicted molar refractivity (Wildman–Crippen MR) is 140 cm³/mol. The number of nitrogens with zero attached hydrogens (tertiary/aromatic N) is 1. The number of amides is 2. The number of halogens is 1. The highest BCUT2D eigenvalue weighted by Gasteiger charge is 2.69. The molecule has 1 saturated heterocycles. The first-order valence-electron chi connectivity index (χ1n) is 11.5. The second-order valence-electron chi connectivity index (χ2n) is 9.97. The molecule has 0 aliphatic carbocycles. The van der Waals surface area contributed by atoms with Crippen LogP contribution in [0.1, 0.15) is 31.1 Å². The summed E-state index contributed by atoms with van der Waals surface area (Å²) in [6, 6.07) is 14.4. The van der Waals surface area contributed by atoms with Crippen LogP contribution in [-0.4, -0.2) is 57.5 Å². The van der Waals surface area contributed by atoms with Crippen LogP contribution < -0.4 is 39.8 Å². The molecule has 206 valence electrons. The van der Waals surface area contributed by atoms with Gasteiger partial charge >= 0.3 is 12.1 Å². The molecule has 38 heavy (non-hydrogen) atoms. The van der Waals surface area contributed by atoms with Crippen molar-refractivity contribution in [3.8, 4) is 0 Å². The topological polar surface area (TPSA) is 252 Å². The van der Waals surface area contributed by atoms with Crippen LogP contribution in [0.4, 0.5) is 4.79 Å². The van der Waals surface area contributed by atoms with Crippen molar-refractivity contribution in [2.24, 2.45) is 34.5 Å². The highest BCUT2D eigenvalue weighted by molar-refractivity contribution is 6.30. The number of carbonyl (C=O) groups is 3. The van der Waals surface area contributed by atoms with E-state index in [9.17, 15) is 19.5 Å². The Kier molecular flexibility index (Phi) is 7.78. The lowest BCUT2D eigenvalue weighted by atomic mass is 9.73.